The standard InChI is InChI=1S/C15H12O4S2/c16-14(19-12-5-6-18-15(12)17)11(13-4-2-8-21-13)9-10-3-1-7-20-10/h1-4,7-9,12H,5-6H2. The van der Waals surface area contributed by atoms with Gasteiger partial charge in [-0.15, -0.1) is 22.7 Å². The van der Waals surface area contributed by atoms with Crippen molar-refractivity contribution < 1.29 is 19.1 Å². The molecule has 108 valence electrons. The van der Waals surface area contributed by atoms with Gasteiger partial charge >= 0.3 is 11.9 Å². The first kappa shape index (κ1) is 14.0. The van der Waals surface area contributed by atoms with Gasteiger partial charge in [0.25, 0.3) is 0 Å². The SMILES string of the molecule is O=C(OC1CCOC1=O)C(=Cc1cccs1)c1cccs1. The summed E-state index contributed by atoms with van der Waals surface area (Å²) in [5.74, 6) is -0.959. The van der Waals surface area contributed by atoms with Gasteiger partial charge in [0.2, 0.25) is 6.10 Å². The molecule has 0 spiro atoms. The molecule has 1 atom stereocenters. The Balaban J connectivity index is 1.85. The van der Waals surface area contributed by atoms with E-state index in [-0.39, 0.29) is 0 Å². The lowest BCUT2D eigenvalue weighted by Crippen LogP contribution is -2.23. The Bertz CT molecular complexity index is 656. The van der Waals surface area contributed by atoms with E-state index in [9.17, 15) is 9.59 Å². The van der Waals surface area contributed by atoms with Crippen molar-refractivity contribution in [1.29, 1.82) is 0 Å². The van der Waals surface area contributed by atoms with Gasteiger partial charge in [-0.25, -0.2) is 9.59 Å². The molecule has 0 saturated carbocycles. The van der Waals surface area contributed by atoms with E-state index in [0.29, 0.717) is 18.6 Å². The molecule has 0 bridgehead atoms. The number of hydrogen-bond acceptors (Lipinski definition) is 6. The largest absolute Gasteiger partial charge is 0.463 e. The van der Waals surface area contributed by atoms with Crippen LogP contribution >= 0.6 is 22.7 Å². The number of rotatable bonds is 4. The Morgan fingerprint density at radius 1 is 1.29 bits per heavy atom. The number of cyclic esters (lactones) is 1. The smallest absolute Gasteiger partial charge is 0.347 e. The molecule has 0 amide bonds. The fraction of sp³-hybridized carbons (Fsp3) is 0.200. The highest BCUT2D eigenvalue weighted by Gasteiger charge is 2.31. The second kappa shape index (κ2) is 6.24. The second-order valence-corrected chi connectivity index (χ2v) is 6.33. The minimum Gasteiger partial charge on any atom is -0.463 e. The lowest BCUT2D eigenvalue weighted by molar-refractivity contribution is -0.156. The van der Waals surface area contributed by atoms with Crippen LogP contribution in [0.25, 0.3) is 11.6 Å². The zero-order valence-electron chi connectivity index (χ0n) is 11.0. The number of carbonyl (C=O) groups is 2. The van der Waals surface area contributed by atoms with Crippen LogP contribution in [0.3, 0.4) is 0 Å². The summed E-state index contributed by atoms with van der Waals surface area (Å²) in [7, 11) is 0. The summed E-state index contributed by atoms with van der Waals surface area (Å²) < 4.78 is 10.1. The molecule has 1 unspecified atom stereocenters. The quantitative estimate of drug-likeness (QED) is 0.641. The summed E-state index contributed by atoms with van der Waals surface area (Å²) in [4.78, 5) is 25.6. The van der Waals surface area contributed by atoms with Gasteiger partial charge in [-0.1, -0.05) is 12.1 Å². The molecular weight excluding hydrogens is 308 g/mol. The first-order chi connectivity index (χ1) is 10.2. The van der Waals surface area contributed by atoms with Crippen molar-refractivity contribution in [1.82, 2.24) is 0 Å². The molecule has 1 aliphatic heterocycles. The van der Waals surface area contributed by atoms with E-state index >= 15 is 0 Å². The van der Waals surface area contributed by atoms with Crippen LogP contribution in [0.15, 0.2) is 35.0 Å². The number of esters is 2. The fourth-order valence-electron chi connectivity index (χ4n) is 1.96. The van der Waals surface area contributed by atoms with Crippen molar-refractivity contribution in [3.05, 3.63) is 44.8 Å². The molecule has 0 radical (unpaired) electrons. The average Bonchev–Trinajstić information content (AvgIpc) is 3.19. The van der Waals surface area contributed by atoms with Crippen molar-refractivity contribution >= 4 is 46.3 Å². The van der Waals surface area contributed by atoms with E-state index < -0.39 is 18.0 Å². The molecule has 0 N–H and O–H groups in total. The van der Waals surface area contributed by atoms with Crippen LogP contribution in [0.4, 0.5) is 0 Å². The zero-order chi connectivity index (χ0) is 14.7. The first-order valence-electron chi connectivity index (χ1n) is 6.41. The van der Waals surface area contributed by atoms with Crippen LogP contribution in [0.1, 0.15) is 16.2 Å². The number of hydrogen-bond donors (Lipinski definition) is 0. The van der Waals surface area contributed by atoms with Gasteiger partial charge in [-0.2, -0.15) is 0 Å². The van der Waals surface area contributed by atoms with E-state index in [4.69, 9.17) is 9.47 Å². The van der Waals surface area contributed by atoms with Crippen LogP contribution in [-0.2, 0) is 19.1 Å². The fourth-order valence-corrected chi connectivity index (χ4v) is 3.34. The zero-order valence-corrected chi connectivity index (χ0v) is 12.6. The molecule has 6 heteroatoms. The van der Waals surface area contributed by atoms with Crippen molar-refractivity contribution in [3.63, 3.8) is 0 Å². The summed E-state index contributed by atoms with van der Waals surface area (Å²) in [6.07, 6.45) is 1.42. The Hall–Kier alpha value is -1.92. The van der Waals surface area contributed by atoms with Crippen molar-refractivity contribution in [2.24, 2.45) is 0 Å². The summed E-state index contributed by atoms with van der Waals surface area (Å²) in [5.41, 5.74) is 0.465. The maximum absolute atomic E-state index is 12.4. The van der Waals surface area contributed by atoms with Gasteiger partial charge in [0.1, 0.15) is 0 Å². The first-order valence-corrected chi connectivity index (χ1v) is 8.16. The predicted octanol–water partition coefficient (Wildman–Crippen LogP) is 3.21. The molecular formula is C15H12O4S2. The van der Waals surface area contributed by atoms with Gasteiger partial charge in [0.05, 0.1) is 12.2 Å². The molecule has 3 rings (SSSR count). The summed E-state index contributed by atoms with van der Waals surface area (Å²) in [5, 5.41) is 3.84. The molecule has 3 heterocycles. The third kappa shape index (κ3) is 3.22. The van der Waals surface area contributed by atoms with Crippen LogP contribution in [0.2, 0.25) is 0 Å². The lowest BCUT2D eigenvalue weighted by atomic mass is 10.2. The molecule has 0 aromatic carbocycles. The normalized spacial score (nSPS) is 18.6. The number of thiophene rings is 2. The molecule has 21 heavy (non-hydrogen) atoms. The monoisotopic (exact) mass is 320 g/mol. The van der Waals surface area contributed by atoms with Crippen LogP contribution in [0, 0.1) is 0 Å². The molecule has 2 aromatic rings. The number of ether oxygens (including phenoxy) is 2. The third-order valence-corrected chi connectivity index (χ3v) is 4.70. The maximum Gasteiger partial charge on any atom is 0.347 e. The van der Waals surface area contributed by atoms with E-state index in [1.165, 1.54) is 22.7 Å². The minimum absolute atomic E-state index is 0.305. The summed E-state index contributed by atoms with van der Waals surface area (Å²) in [6, 6.07) is 7.58. The highest BCUT2D eigenvalue weighted by atomic mass is 32.1. The highest BCUT2D eigenvalue weighted by molar-refractivity contribution is 7.12. The topological polar surface area (TPSA) is 52.6 Å². The van der Waals surface area contributed by atoms with E-state index in [1.807, 2.05) is 35.0 Å². The summed E-state index contributed by atoms with van der Waals surface area (Å²) in [6.45, 7) is 0.305. The minimum atomic E-state index is -0.788. The Morgan fingerprint density at radius 3 is 2.71 bits per heavy atom. The van der Waals surface area contributed by atoms with Crippen LogP contribution < -0.4 is 0 Å². The highest BCUT2D eigenvalue weighted by Crippen LogP contribution is 2.27. The van der Waals surface area contributed by atoms with E-state index in [1.54, 1.807) is 6.08 Å². The van der Waals surface area contributed by atoms with Gasteiger partial charge in [0, 0.05) is 16.2 Å². The Morgan fingerprint density at radius 2 is 2.10 bits per heavy atom. The Kier molecular flexibility index (Phi) is 4.17. The molecule has 1 fully saturated rings. The van der Waals surface area contributed by atoms with Gasteiger partial charge in [0.15, 0.2) is 0 Å². The van der Waals surface area contributed by atoms with Crippen molar-refractivity contribution in [2.45, 2.75) is 12.5 Å². The molecule has 1 aliphatic rings. The van der Waals surface area contributed by atoms with Gasteiger partial charge in [-0.05, 0) is 29.0 Å². The third-order valence-electron chi connectivity index (χ3n) is 2.97. The van der Waals surface area contributed by atoms with Gasteiger partial charge < -0.3 is 9.47 Å². The van der Waals surface area contributed by atoms with Crippen molar-refractivity contribution in [3.8, 4) is 0 Å². The second-order valence-electron chi connectivity index (χ2n) is 4.40. The molecule has 2 aromatic heterocycles. The average molecular weight is 320 g/mol. The van der Waals surface area contributed by atoms with E-state index in [2.05, 4.69) is 0 Å². The number of carbonyl (C=O) groups excluding carboxylic acids is 2. The Labute approximate surface area is 129 Å². The lowest BCUT2D eigenvalue weighted by Gasteiger charge is -2.10. The van der Waals surface area contributed by atoms with E-state index in [0.717, 1.165) is 9.75 Å². The summed E-state index contributed by atoms with van der Waals surface area (Å²) >= 11 is 3.00. The predicted molar refractivity (Wildman–Crippen MR) is 82.0 cm³/mol. The maximum atomic E-state index is 12.4. The van der Waals surface area contributed by atoms with Gasteiger partial charge in [-0.3, -0.25) is 0 Å². The molecule has 0 aliphatic carbocycles. The molecule has 1 saturated heterocycles. The van der Waals surface area contributed by atoms with Crippen LogP contribution in [-0.4, -0.2) is 24.6 Å². The van der Waals surface area contributed by atoms with Crippen molar-refractivity contribution in [2.75, 3.05) is 6.61 Å². The molecule has 4 nitrogen and oxygen atoms in total. The van der Waals surface area contributed by atoms with Crippen LogP contribution in [0.5, 0.6) is 0 Å².